The van der Waals surface area contributed by atoms with Crippen LogP contribution in [-0.4, -0.2) is 0 Å². The highest BCUT2D eigenvalue weighted by Crippen LogP contribution is 2.31. The minimum atomic E-state index is -1.40. The lowest BCUT2D eigenvalue weighted by Crippen LogP contribution is -2.05. The summed E-state index contributed by atoms with van der Waals surface area (Å²) in [6.45, 7) is 2.91. The fraction of sp³-hybridized carbons (Fsp3) is 0.333. The first-order valence-corrected chi connectivity index (χ1v) is 4.68. The van der Waals surface area contributed by atoms with Crippen LogP contribution in [0.3, 0.4) is 0 Å². The van der Waals surface area contributed by atoms with Crippen molar-refractivity contribution in [1.82, 2.24) is 0 Å². The molecule has 0 amide bonds. The average Bonchev–Trinajstić information content (AvgIpc) is 2.11. The van der Waals surface area contributed by atoms with E-state index in [4.69, 9.17) is 0 Å². The molecular weight excluding hydrogens is 264 g/mol. The van der Waals surface area contributed by atoms with Gasteiger partial charge in [0.15, 0.2) is 23.3 Å². The molecule has 0 radical (unpaired) electrons. The van der Waals surface area contributed by atoms with Crippen molar-refractivity contribution in [2.24, 2.45) is 0 Å². The zero-order chi connectivity index (χ0) is 11.0. The Labute approximate surface area is 87.1 Å². The van der Waals surface area contributed by atoms with Crippen molar-refractivity contribution < 1.29 is 17.6 Å². The van der Waals surface area contributed by atoms with Gasteiger partial charge in [-0.25, -0.2) is 17.6 Å². The summed E-state index contributed by atoms with van der Waals surface area (Å²) >= 11 is 2.43. The van der Waals surface area contributed by atoms with Crippen LogP contribution in [0.4, 0.5) is 17.6 Å². The van der Waals surface area contributed by atoms with E-state index in [0.717, 1.165) is 0 Å². The summed E-state index contributed by atoms with van der Waals surface area (Å²) in [4.78, 5) is 0. The second kappa shape index (κ2) is 3.88. The van der Waals surface area contributed by atoms with Gasteiger partial charge in [-0.05, 0) is 21.8 Å². The summed E-state index contributed by atoms with van der Waals surface area (Å²) in [5.41, 5.74) is -0.566. The maximum atomic E-state index is 13.1. The van der Waals surface area contributed by atoms with E-state index in [1.165, 1.54) is 13.8 Å². The molecule has 14 heavy (non-hydrogen) atoms. The third-order valence-corrected chi connectivity index (χ3v) is 2.52. The quantitative estimate of drug-likeness (QED) is 0.409. The predicted molar refractivity (Wildman–Crippen MR) is 48.1 cm³/mol. The van der Waals surface area contributed by atoms with Crippen molar-refractivity contribution in [3.63, 3.8) is 0 Å². The van der Waals surface area contributed by atoms with Gasteiger partial charge < -0.3 is 0 Å². The third-order valence-electron chi connectivity index (χ3n) is 1.82. The van der Waals surface area contributed by atoms with Crippen molar-refractivity contribution in [2.45, 2.75) is 19.8 Å². The highest BCUT2D eigenvalue weighted by atomic mass is 79.9. The van der Waals surface area contributed by atoms with Gasteiger partial charge in [0.2, 0.25) is 0 Å². The largest absolute Gasteiger partial charge is 0.203 e. The molecule has 0 atom stereocenters. The van der Waals surface area contributed by atoms with Gasteiger partial charge in [-0.15, -0.1) is 0 Å². The molecule has 0 heterocycles. The molecular formula is C9H7BrF4. The number of benzene rings is 1. The predicted octanol–water partition coefficient (Wildman–Crippen LogP) is 4.13. The molecule has 0 bridgehead atoms. The molecule has 0 nitrogen and oxygen atoms in total. The second-order valence-corrected chi connectivity index (χ2v) is 3.93. The van der Waals surface area contributed by atoms with Gasteiger partial charge >= 0.3 is 0 Å². The Bertz CT molecular complexity index is 345. The molecule has 0 saturated carbocycles. The highest BCUT2D eigenvalue weighted by Gasteiger charge is 2.25. The number of hydrogen-bond acceptors (Lipinski definition) is 0. The van der Waals surface area contributed by atoms with E-state index in [9.17, 15) is 17.6 Å². The van der Waals surface area contributed by atoms with Crippen LogP contribution in [0.15, 0.2) is 4.47 Å². The van der Waals surface area contributed by atoms with Crippen molar-refractivity contribution in [3.05, 3.63) is 33.3 Å². The van der Waals surface area contributed by atoms with Crippen LogP contribution >= 0.6 is 15.9 Å². The van der Waals surface area contributed by atoms with E-state index in [2.05, 4.69) is 15.9 Å². The zero-order valence-electron chi connectivity index (χ0n) is 7.47. The van der Waals surface area contributed by atoms with Crippen LogP contribution < -0.4 is 0 Å². The van der Waals surface area contributed by atoms with Gasteiger partial charge in [-0.2, -0.15) is 0 Å². The van der Waals surface area contributed by atoms with Crippen molar-refractivity contribution in [2.75, 3.05) is 0 Å². The number of hydrogen-bond donors (Lipinski definition) is 0. The minimum Gasteiger partial charge on any atom is -0.203 e. The summed E-state index contributed by atoms with van der Waals surface area (Å²) in [7, 11) is 0. The van der Waals surface area contributed by atoms with Gasteiger partial charge in [0.1, 0.15) is 0 Å². The van der Waals surface area contributed by atoms with E-state index in [-0.39, 0.29) is 0 Å². The van der Waals surface area contributed by atoms with Gasteiger partial charge in [0, 0.05) is 5.56 Å². The lowest BCUT2D eigenvalue weighted by molar-refractivity contribution is 0.426. The van der Waals surface area contributed by atoms with Crippen LogP contribution in [0.2, 0.25) is 0 Å². The maximum Gasteiger partial charge on any atom is 0.176 e. The first-order chi connectivity index (χ1) is 6.37. The Morgan fingerprint density at radius 3 is 1.50 bits per heavy atom. The first-order valence-electron chi connectivity index (χ1n) is 3.89. The van der Waals surface area contributed by atoms with Crippen LogP contribution in [0.1, 0.15) is 25.3 Å². The van der Waals surface area contributed by atoms with Gasteiger partial charge in [0.25, 0.3) is 0 Å². The molecule has 0 aliphatic heterocycles. The minimum absolute atomic E-state index is 0.566. The topological polar surface area (TPSA) is 0 Å². The Kier molecular flexibility index (Phi) is 3.19. The van der Waals surface area contributed by atoms with E-state index in [1.807, 2.05) is 0 Å². The summed E-state index contributed by atoms with van der Waals surface area (Å²) in [6.07, 6.45) is 0. The summed E-state index contributed by atoms with van der Waals surface area (Å²) in [6, 6.07) is 0. The Morgan fingerprint density at radius 2 is 1.21 bits per heavy atom. The molecule has 0 spiro atoms. The summed E-state index contributed by atoms with van der Waals surface area (Å²) in [5, 5.41) is 0. The number of rotatable bonds is 1. The Balaban J connectivity index is 3.60. The Hall–Kier alpha value is -0.580. The van der Waals surface area contributed by atoms with E-state index < -0.39 is 39.2 Å². The Morgan fingerprint density at radius 1 is 0.857 bits per heavy atom. The van der Waals surface area contributed by atoms with Crippen LogP contribution in [0.5, 0.6) is 0 Å². The third kappa shape index (κ3) is 1.65. The van der Waals surface area contributed by atoms with E-state index in [1.54, 1.807) is 0 Å². The first kappa shape index (κ1) is 11.5. The van der Waals surface area contributed by atoms with Crippen LogP contribution in [0.25, 0.3) is 0 Å². The lowest BCUT2D eigenvalue weighted by atomic mass is 10.0. The molecule has 0 aromatic heterocycles. The maximum absolute atomic E-state index is 13.1. The molecule has 1 aromatic carbocycles. The van der Waals surface area contributed by atoms with Crippen molar-refractivity contribution in [1.29, 1.82) is 0 Å². The van der Waals surface area contributed by atoms with Crippen LogP contribution in [0, 0.1) is 23.3 Å². The molecule has 1 rings (SSSR count). The van der Waals surface area contributed by atoms with Crippen molar-refractivity contribution in [3.8, 4) is 0 Å². The SMILES string of the molecule is CC(C)c1c(F)c(F)c(Br)c(F)c1F. The van der Waals surface area contributed by atoms with Gasteiger partial charge in [0.05, 0.1) is 4.47 Å². The van der Waals surface area contributed by atoms with Crippen LogP contribution in [-0.2, 0) is 0 Å². The van der Waals surface area contributed by atoms with Crippen molar-refractivity contribution >= 4 is 15.9 Å². The average molecular weight is 271 g/mol. The van der Waals surface area contributed by atoms with Gasteiger partial charge in [-0.3, -0.25) is 0 Å². The normalized spacial score (nSPS) is 11.1. The number of halogens is 5. The molecule has 0 aliphatic carbocycles. The van der Waals surface area contributed by atoms with E-state index >= 15 is 0 Å². The lowest BCUT2D eigenvalue weighted by Gasteiger charge is -2.11. The summed E-state index contributed by atoms with van der Waals surface area (Å²) in [5.74, 6) is -6.09. The molecule has 0 fully saturated rings. The fourth-order valence-corrected chi connectivity index (χ4v) is 1.48. The second-order valence-electron chi connectivity index (χ2n) is 3.14. The summed E-state index contributed by atoms with van der Waals surface area (Å²) < 4.78 is 51.4. The highest BCUT2D eigenvalue weighted by molar-refractivity contribution is 9.10. The smallest absolute Gasteiger partial charge is 0.176 e. The van der Waals surface area contributed by atoms with E-state index in [0.29, 0.717) is 0 Å². The molecule has 1 aromatic rings. The fourth-order valence-electron chi connectivity index (χ4n) is 1.13. The monoisotopic (exact) mass is 270 g/mol. The van der Waals surface area contributed by atoms with Gasteiger partial charge in [-0.1, -0.05) is 13.8 Å². The molecule has 5 heteroatoms. The molecule has 0 aliphatic rings. The molecule has 0 saturated heterocycles. The molecule has 0 N–H and O–H groups in total. The zero-order valence-corrected chi connectivity index (χ0v) is 9.05. The molecule has 0 unspecified atom stereocenters. The molecule has 78 valence electrons. The standard InChI is InChI=1S/C9H7BrF4/c1-3(2)4-6(11)8(13)5(10)9(14)7(4)12/h3H,1-2H3.